The number of nitrogens with zero attached hydrogens (tertiary/aromatic N) is 5. The molecule has 0 fully saturated rings. The summed E-state index contributed by atoms with van der Waals surface area (Å²) in [4.78, 5) is 50.6. The molecular weight excluding hydrogens is 526 g/mol. The van der Waals surface area contributed by atoms with E-state index in [0.29, 0.717) is 30.6 Å². The normalized spacial score (nSPS) is 15.2. The molecule has 3 aromatic heterocycles. The third kappa shape index (κ3) is 5.09. The van der Waals surface area contributed by atoms with E-state index in [-0.39, 0.29) is 17.4 Å². The van der Waals surface area contributed by atoms with E-state index in [9.17, 15) is 14.4 Å². The number of hydrogen-bond acceptors (Lipinski definition) is 7. The van der Waals surface area contributed by atoms with E-state index in [1.54, 1.807) is 58.9 Å². The summed E-state index contributed by atoms with van der Waals surface area (Å²) in [6, 6.07) is 9.56. The Morgan fingerprint density at radius 3 is 2.58 bits per heavy atom. The average molecular weight is 562 g/mol. The van der Waals surface area contributed by atoms with Crippen LogP contribution in [0.2, 0.25) is 0 Å². The first kappa shape index (κ1) is 27.8. The van der Waals surface area contributed by atoms with Gasteiger partial charge < -0.3 is 18.8 Å². The zero-order valence-corrected chi connectivity index (χ0v) is 24.5. The molecule has 1 aromatic carbocycles. The summed E-state index contributed by atoms with van der Waals surface area (Å²) in [7, 11) is 1.74. The van der Waals surface area contributed by atoms with Gasteiger partial charge in [-0.2, -0.15) is 0 Å². The number of amides is 2. The van der Waals surface area contributed by atoms with E-state index in [1.165, 1.54) is 11.1 Å². The van der Waals surface area contributed by atoms with Gasteiger partial charge in [-0.05, 0) is 63.9 Å². The Labute approximate surface area is 237 Å². The minimum Gasteiger partial charge on any atom is -0.464 e. The van der Waals surface area contributed by atoms with Gasteiger partial charge in [0.05, 0.1) is 34.2 Å². The average Bonchev–Trinajstić information content (AvgIpc) is 3.59. The molecule has 0 spiro atoms. The number of hydrogen-bond donors (Lipinski definition) is 0. The lowest BCUT2D eigenvalue weighted by molar-refractivity contribution is -0.137. The maximum Gasteiger partial charge on any atom is 0.261 e. The minimum absolute atomic E-state index is 0.0587. The molecule has 0 N–H and O–H groups in total. The van der Waals surface area contributed by atoms with Crippen molar-refractivity contribution in [3.8, 4) is 0 Å². The number of benzene rings is 1. The molecule has 1 aliphatic rings. The van der Waals surface area contributed by atoms with Crippen molar-refractivity contribution in [1.82, 2.24) is 14.5 Å². The topological polar surface area (TPSA) is 91.9 Å². The van der Waals surface area contributed by atoms with Gasteiger partial charge in [0.15, 0.2) is 0 Å². The van der Waals surface area contributed by atoms with Crippen LogP contribution in [0.3, 0.4) is 0 Å². The van der Waals surface area contributed by atoms with Gasteiger partial charge in [-0.1, -0.05) is 6.07 Å². The molecule has 5 rings (SSSR count). The Kier molecular flexibility index (Phi) is 7.65. The number of aromatic nitrogens is 2. The molecule has 210 valence electrons. The second-order valence-corrected chi connectivity index (χ2v) is 11.7. The summed E-state index contributed by atoms with van der Waals surface area (Å²) >= 11 is 1.64. The third-order valence-electron chi connectivity index (χ3n) is 7.81. The molecular formula is C30H35N5O4S. The van der Waals surface area contributed by atoms with Gasteiger partial charge in [-0.25, -0.2) is 4.98 Å². The molecule has 1 aliphatic heterocycles. The lowest BCUT2D eigenvalue weighted by atomic mass is 9.90. The molecule has 0 radical (unpaired) electrons. The van der Waals surface area contributed by atoms with Crippen LogP contribution in [0.5, 0.6) is 0 Å². The van der Waals surface area contributed by atoms with Crippen LogP contribution in [0, 0.1) is 12.3 Å². The summed E-state index contributed by atoms with van der Waals surface area (Å²) in [6.07, 6.45) is 4.07. The summed E-state index contributed by atoms with van der Waals surface area (Å²) < 4.78 is 7.09. The van der Waals surface area contributed by atoms with Crippen LogP contribution >= 0.6 is 11.3 Å². The Morgan fingerprint density at radius 1 is 1.05 bits per heavy atom. The highest BCUT2D eigenvalue weighted by Gasteiger charge is 2.45. The van der Waals surface area contributed by atoms with Crippen LogP contribution in [-0.2, 0) is 29.1 Å². The maximum atomic E-state index is 13.2. The van der Waals surface area contributed by atoms with Gasteiger partial charge >= 0.3 is 0 Å². The molecule has 4 heterocycles. The molecule has 0 atom stereocenters. The second-order valence-electron chi connectivity index (χ2n) is 10.8. The van der Waals surface area contributed by atoms with E-state index in [0.717, 1.165) is 42.1 Å². The van der Waals surface area contributed by atoms with E-state index >= 15 is 0 Å². The van der Waals surface area contributed by atoms with Crippen LogP contribution in [0.1, 0.15) is 36.9 Å². The highest BCUT2D eigenvalue weighted by molar-refractivity contribution is 7.09. The summed E-state index contributed by atoms with van der Waals surface area (Å²) in [5.74, 6) is -0.400. The van der Waals surface area contributed by atoms with Crippen LogP contribution < -0.4 is 15.4 Å². The van der Waals surface area contributed by atoms with Crippen molar-refractivity contribution < 1.29 is 14.0 Å². The highest BCUT2D eigenvalue weighted by atomic mass is 32.1. The van der Waals surface area contributed by atoms with Crippen molar-refractivity contribution in [2.45, 2.75) is 47.2 Å². The minimum atomic E-state index is -1.13. The van der Waals surface area contributed by atoms with Gasteiger partial charge in [-0.3, -0.25) is 19.3 Å². The lowest BCUT2D eigenvalue weighted by Crippen LogP contribution is -2.47. The number of fused-ring (bicyclic) bond motifs is 2. The summed E-state index contributed by atoms with van der Waals surface area (Å²) in [5.41, 5.74) is 4.85. The standard InChI is InChI=1S/C30H35N5O4S/c1-6-35-23-8-7-21(17-24(23)32(5)28(37)30(3,4)29(35)38)9-12-33(18-26-20(2)31-19-40-26)14-15-34-13-10-25-22(27(34)36)11-16-39-25/h7-8,10-11,13,16-17,19H,6,9,12,14-15,18H2,1-5H3. The largest absolute Gasteiger partial charge is 0.464 e. The first-order chi connectivity index (χ1) is 19.1. The van der Waals surface area contributed by atoms with Crippen LogP contribution in [0.15, 0.2) is 57.5 Å². The number of anilines is 2. The van der Waals surface area contributed by atoms with E-state index in [4.69, 9.17) is 4.42 Å². The van der Waals surface area contributed by atoms with E-state index < -0.39 is 5.41 Å². The number of thiazole rings is 1. The number of pyridine rings is 1. The number of aryl methyl sites for hydroxylation is 1. The maximum absolute atomic E-state index is 13.2. The first-order valence-electron chi connectivity index (χ1n) is 13.5. The zero-order chi connectivity index (χ0) is 28.6. The third-order valence-corrected chi connectivity index (χ3v) is 8.73. The molecule has 10 heteroatoms. The first-order valence-corrected chi connectivity index (χ1v) is 14.4. The van der Waals surface area contributed by atoms with Gasteiger partial charge in [0.2, 0.25) is 11.8 Å². The Hall–Kier alpha value is -3.76. The van der Waals surface area contributed by atoms with E-state index in [1.807, 2.05) is 43.6 Å². The predicted octanol–water partition coefficient (Wildman–Crippen LogP) is 4.46. The fourth-order valence-corrected chi connectivity index (χ4v) is 6.09. The monoisotopic (exact) mass is 561 g/mol. The fourth-order valence-electron chi connectivity index (χ4n) is 5.27. The summed E-state index contributed by atoms with van der Waals surface area (Å²) in [6.45, 7) is 10.5. The Morgan fingerprint density at radius 2 is 1.85 bits per heavy atom. The quantitative estimate of drug-likeness (QED) is 0.280. The van der Waals surface area contributed by atoms with Crippen molar-refractivity contribution in [3.63, 3.8) is 0 Å². The van der Waals surface area contributed by atoms with Crippen molar-refractivity contribution in [2.75, 3.05) is 36.5 Å². The molecule has 0 saturated heterocycles. The highest BCUT2D eigenvalue weighted by Crippen LogP contribution is 2.38. The number of carbonyl (C=O) groups excluding carboxylic acids is 2. The number of carbonyl (C=O) groups is 2. The van der Waals surface area contributed by atoms with Crippen LogP contribution in [0.4, 0.5) is 11.4 Å². The number of furan rings is 1. The molecule has 0 bridgehead atoms. The zero-order valence-electron chi connectivity index (χ0n) is 23.6. The Balaban J connectivity index is 1.37. The number of rotatable bonds is 9. The van der Waals surface area contributed by atoms with Crippen molar-refractivity contribution in [3.05, 3.63) is 74.8 Å². The smallest absolute Gasteiger partial charge is 0.261 e. The van der Waals surface area contributed by atoms with Crippen molar-refractivity contribution >= 4 is 45.5 Å². The predicted molar refractivity (Wildman–Crippen MR) is 158 cm³/mol. The lowest BCUT2D eigenvalue weighted by Gasteiger charge is -2.27. The van der Waals surface area contributed by atoms with Crippen LogP contribution in [0.25, 0.3) is 11.0 Å². The SMILES string of the molecule is CCN1C(=O)C(C)(C)C(=O)N(C)c2cc(CCN(CCn3ccc4occc4c3=O)Cc3scnc3C)ccc21. The van der Waals surface area contributed by atoms with Gasteiger partial charge in [0.1, 0.15) is 11.0 Å². The molecule has 9 nitrogen and oxygen atoms in total. The second kappa shape index (κ2) is 11.0. The molecule has 4 aromatic rings. The molecule has 2 amide bonds. The molecule has 40 heavy (non-hydrogen) atoms. The van der Waals surface area contributed by atoms with Gasteiger partial charge in [0.25, 0.3) is 5.56 Å². The Bertz CT molecular complexity index is 1620. The van der Waals surface area contributed by atoms with Crippen molar-refractivity contribution in [2.24, 2.45) is 5.41 Å². The molecule has 0 unspecified atom stereocenters. The van der Waals surface area contributed by atoms with Crippen LogP contribution in [-0.4, -0.2) is 52.9 Å². The summed E-state index contributed by atoms with van der Waals surface area (Å²) in [5, 5.41) is 0.582. The van der Waals surface area contributed by atoms with Crippen molar-refractivity contribution in [1.29, 1.82) is 0 Å². The van der Waals surface area contributed by atoms with E-state index in [2.05, 4.69) is 9.88 Å². The van der Waals surface area contributed by atoms with Gasteiger partial charge in [-0.15, -0.1) is 11.3 Å². The fraction of sp³-hybridized carbons (Fsp3) is 0.400. The molecule has 0 aliphatic carbocycles. The molecule has 0 saturated carbocycles. The van der Waals surface area contributed by atoms with Gasteiger partial charge in [0, 0.05) is 50.8 Å².